The van der Waals surface area contributed by atoms with Gasteiger partial charge in [-0.05, 0) is 24.6 Å². The van der Waals surface area contributed by atoms with Crippen molar-refractivity contribution in [3.63, 3.8) is 0 Å². The predicted molar refractivity (Wildman–Crippen MR) is 51.5 cm³/mol. The second-order valence-corrected chi connectivity index (χ2v) is 3.13. The van der Waals surface area contributed by atoms with Gasteiger partial charge in [0.2, 0.25) is 0 Å². The molecule has 1 aromatic carbocycles. The summed E-state index contributed by atoms with van der Waals surface area (Å²) in [7, 11) is 0. The molecule has 0 heterocycles. The van der Waals surface area contributed by atoms with Crippen molar-refractivity contribution >= 4 is 0 Å². The van der Waals surface area contributed by atoms with Crippen LogP contribution >= 0.6 is 0 Å². The zero-order chi connectivity index (χ0) is 9.68. The van der Waals surface area contributed by atoms with Crippen molar-refractivity contribution in [2.45, 2.75) is 19.5 Å². The van der Waals surface area contributed by atoms with E-state index < -0.39 is 0 Å². The Kier molecular flexibility index (Phi) is 3.73. The highest BCUT2D eigenvalue weighted by Crippen LogP contribution is 2.10. The molecule has 0 aromatic heterocycles. The van der Waals surface area contributed by atoms with Gasteiger partial charge in [-0.15, -0.1) is 0 Å². The van der Waals surface area contributed by atoms with E-state index in [2.05, 4.69) is 5.32 Å². The first-order valence-corrected chi connectivity index (χ1v) is 4.34. The van der Waals surface area contributed by atoms with Crippen molar-refractivity contribution < 1.29 is 10.2 Å². The minimum absolute atomic E-state index is 0.0855. The maximum Gasteiger partial charge on any atom is 0.115 e. The molecule has 0 radical (unpaired) electrons. The molecule has 3 heteroatoms. The van der Waals surface area contributed by atoms with Gasteiger partial charge in [-0.2, -0.15) is 0 Å². The van der Waals surface area contributed by atoms with Crippen molar-refractivity contribution in [1.29, 1.82) is 0 Å². The van der Waals surface area contributed by atoms with E-state index in [4.69, 9.17) is 10.2 Å². The largest absolute Gasteiger partial charge is 0.508 e. The standard InChI is InChI=1S/C10H15NO2/c1-8(7-12)11-6-9-3-2-4-10(13)5-9/h2-5,8,11-13H,6-7H2,1H3/t8-/m0/s1. The summed E-state index contributed by atoms with van der Waals surface area (Å²) < 4.78 is 0. The third-order valence-corrected chi connectivity index (χ3v) is 1.84. The molecular weight excluding hydrogens is 166 g/mol. The minimum Gasteiger partial charge on any atom is -0.508 e. The summed E-state index contributed by atoms with van der Waals surface area (Å²) in [5, 5.41) is 21.0. The normalized spacial score (nSPS) is 12.8. The summed E-state index contributed by atoms with van der Waals surface area (Å²) in [6, 6.07) is 7.16. The van der Waals surface area contributed by atoms with E-state index in [1.165, 1.54) is 0 Å². The molecule has 1 atom stereocenters. The number of phenols is 1. The van der Waals surface area contributed by atoms with E-state index in [0.717, 1.165) is 5.56 Å². The Bertz CT molecular complexity index is 263. The second kappa shape index (κ2) is 4.84. The van der Waals surface area contributed by atoms with Crippen LogP contribution in [0.3, 0.4) is 0 Å². The fraction of sp³-hybridized carbons (Fsp3) is 0.400. The van der Waals surface area contributed by atoms with E-state index in [1.807, 2.05) is 13.0 Å². The molecule has 72 valence electrons. The van der Waals surface area contributed by atoms with Crippen LogP contribution in [0.25, 0.3) is 0 Å². The molecule has 3 N–H and O–H groups in total. The molecular formula is C10H15NO2. The number of hydrogen-bond donors (Lipinski definition) is 3. The highest BCUT2D eigenvalue weighted by molar-refractivity contribution is 5.26. The van der Waals surface area contributed by atoms with Crippen LogP contribution in [0.5, 0.6) is 5.75 Å². The number of aliphatic hydroxyl groups is 1. The summed E-state index contributed by atoms with van der Waals surface area (Å²) in [6.07, 6.45) is 0. The molecule has 0 spiro atoms. The molecule has 0 unspecified atom stereocenters. The number of nitrogens with one attached hydrogen (secondary N) is 1. The van der Waals surface area contributed by atoms with Gasteiger partial charge < -0.3 is 15.5 Å². The average molecular weight is 181 g/mol. The van der Waals surface area contributed by atoms with Gasteiger partial charge in [-0.3, -0.25) is 0 Å². The van der Waals surface area contributed by atoms with Gasteiger partial charge in [-0.1, -0.05) is 12.1 Å². The van der Waals surface area contributed by atoms with Crippen LogP contribution in [-0.2, 0) is 6.54 Å². The predicted octanol–water partition coefficient (Wildman–Crippen LogP) is 0.863. The topological polar surface area (TPSA) is 52.5 Å². The molecule has 0 saturated heterocycles. The fourth-order valence-corrected chi connectivity index (χ4v) is 1.02. The first kappa shape index (κ1) is 10.0. The van der Waals surface area contributed by atoms with Crippen molar-refractivity contribution in [2.75, 3.05) is 6.61 Å². The third-order valence-electron chi connectivity index (χ3n) is 1.84. The third kappa shape index (κ3) is 3.44. The number of aliphatic hydroxyl groups excluding tert-OH is 1. The van der Waals surface area contributed by atoms with Gasteiger partial charge in [0.25, 0.3) is 0 Å². The highest BCUT2D eigenvalue weighted by Gasteiger charge is 1.99. The van der Waals surface area contributed by atoms with E-state index in [9.17, 15) is 0 Å². The maximum atomic E-state index is 9.16. The van der Waals surface area contributed by atoms with Gasteiger partial charge in [0.1, 0.15) is 5.75 Å². The van der Waals surface area contributed by atoms with Crippen molar-refractivity contribution in [3.05, 3.63) is 29.8 Å². The zero-order valence-electron chi connectivity index (χ0n) is 7.70. The summed E-state index contributed by atoms with van der Waals surface area (Å²) >= 11 is 0. The van der Waals surface area contributed by atoms with Gasteiger partial charge in [0.15, 0.2) is 0 Å². The smallest absolute Gasteiger partial charge is 0.115 e. The molecule has 0 aliphatic carbocycles. The van der Waals surface area contributed by atoms with E-state index in [-0.39, 0.29) is 18.4 Å². The maximum absolute atomic E-state index is 9.16. The molecule has 0 saturated carbocycles. The van der Waals surface area contributed by atoms with Crippen molar-refractivity contribution in [1.82, 2.24) is 5.32 Å². The summed E-state index contributed by atoms with van der Waals surface area (Å²) in [6.45, 7) is 2.69. The molecule has 13 heavy (non-hydrogen) atoms. The van der Waals surface area contributed by atoms with Crippen LogP contribution in [0, 0.1) is 0 Å². The monoisotopic (exact) mass is 181 g/mol. The molecule has 0 aliphatic heterocycles. The lowest BCUT2D eigenvalue weighted by atomic mass is 10.2. The lowest BCUT2D eigenvalue weighted by Gasteiger charge is -2.10. The van der Waals surface area contributed by atoms with E-state index in [1.54, 1.807) is 18.2 Å². The number of rotatable bonds is 4. The molecule has 0 fully saturated rings. The Labute approximate surface area is 78.0 Å². The molecule has 3 nitrogen and oxygen atoms in total. The van der Waals surface area contributed by atoms with Crippen LogP contribution in [0.2, 0.25) is 0 Å². The average Bonchev–Trinajstić information content (AvgIpc) is 2.14. The summed E-state index contributed by atoms with van der Waals surface area (Å²) in [4.78, 5) is 0. The first-order chi connectivity index (χ1) is 6.22. The summed E-state index contributed by atoms with van der Waals surface area (Å²) in [5.41, 5.74) is 1.01. The number of aromatic hydroxyl groups is 1. The lowest BCUT2D eigenvalue weighted by Crippen LogP contribution is -2.28. The van der Waals surface area contributed by atoms with Gasteiger partial charge in [0.05, 0.1) is 6.61 Å². The zero-order valence-corrected chi connectivity index (χ0v) is 7.70. The Morgan fingerprint density at radius 1 is 1.46 bits per heavy atom. The molecule has 1 rings (SSSR count). The van der Waals surface area contributed by atoms with Crippen LogP contribution in [0.4, 0.5) is 0 Å². The Morgan fingerprint density at radius 2 is 2.23 bits per heavy atom. The highest BCUT2D eigenvalue weighted by atomic mass is 16.3. The number of phenolic OH excluding ortho intramolecular Hbond substituents is 1. The molecule has 1 aromatic rings. The van der Waals surface area contributed by atoms with Crippen molar-refractivity contribution in [2.24, 2.45) is 0 Å². The lowest BCUT2D eigenvalue weighted by molar-refractivity contribution is 0.251. The van der Waals surface area contributed by atoms with Gasteiger partial charge in [0, 0.05) is 12.6 Å². The molecule has 0 bridgehead atoms. The number of benzene rings is 1. The van der Waals surface area contributed by atoms with Crippen molar-refractivity contribution in [3.8, 4) is 5.75 Å². The Balaban J connectivity index is 2.45. The van der Waals surface area contributed by atoms with Gasteiger partial charge >= 0.3 is 0 Å². The quantitative estimate of drug-likeness (QED) is 0.646. The SMILES string of the molecule is C[C@@H](CO)NCc1cccc(O)c1. The Morgan fingerprint density at radius 3 is 2.85 bits per heavy atom. The Hall–Kier alpha value is -1.06. The van der Waals surface area contributed by atoms with E-state index >= 15 is 0 Å². The first-order valence-electron chi connectivity index (χ1n) is 4.34. The summed E-state index contributed by atoms with van der Waals surface area (Å²) in [5.74, 6) is 0.274. The van der Waals surface area contributed by atoms with E-state index in [0.29, 0.717) is 6.54 Å². The second-order valence-electron chi connectivity index (χ2n) is 3.13. The van der Waals surface area contributed by atoms with Gasteiger partial charge in [-0.25, -0.2) is 0 Å². The van der Waals surface area contributed by atoms with Crippen LogP contribution in [0.15, 0.2) is 24.3 Å². The van der Waals surface area contributed by atoms with Crippen LogP contribution in [-0.4, -0.2) is 22.9 Å². The number of hydrogen-bond acceptors (Lipinski definition) is 3. The van der Waals surface area contributed by atoms with Crippen LogP contribution in [0.1, 0.15) is 12.5 Å². The fourth-order valence-electron chi connectivity index (χ4n) is 1.02. The molecule has 0 aliphatic rings. The van der Waals surface area contributed by atoms with Crippen LogP contribution < -0.4 is 5.32 Å². The minimum atomic E-state index is 0.0855. The molecule has 0 amide bonds.